The van der Waals surface area contributed by atoms with Crippen LogP contribution in [0, 0.1) is 14.9 Å². The molecule has 0 radical (unpaired) electrons. The van der Waals surface area contributed by atoms with Crippen molar-refractivity contribution in [2.45, 2.75) is 20.0 Å². The van der Waals surface area contributed by atoms with Gasteiger partial charge in [0.2, 0.25) is 0 Å². The van der Waals surface area contributed by atoms with Crippen LogP contribution in [0.3, 0.4) is 0 Å². The van der Waals surface area contributed by atoms with Crippen LogP contribution in [-0.2, 0) is 20.5 Å². The van der Waals surface area contributed by atoms with Gasteiger partial charge in [0, 0.05) is 5.69 Å². The number of nitriles is 1. The first-order chi connectivity index (χ1) is 16.1. The Hall–Kier alpha value is -3.27. The van der Waals surface area contributed by atoms with E-state index >= 15 is 0 Å². The number of anilines is 1. The third-order valence-corrected chi connectivity index (χ3v) is 4.90. The Morgan fingerprint density at radius 1 is 1.15 bits per heavy atom. The van der Waals surface area contributed by atoms with Gasteiger partial charge in [-0.3, -0.25) is 4.79 Å². The van der Waals surface area contributed by atoms with E-state index in [1.165, 1.54) is 18.2 Å². The van der Waals surface area contributed by atoms with Crippen molar-refractivity contribution in [2.75, 3.05) is 25.1 Å². The van der Waals surface area contributed by atoms with Gasteiger partial charge in [-0.15, -0.1) is 0 Å². The number of benzene rings is 2. The van der Waals surface area contributed by atoms with Crippen molar-refractivity contribution >= 4 is 46.2 Å². The Labute approximate surface area is 207 Å². The van der Waals surface area contributed by atoms with E-state index in [1.807, 2.05) is 22.6 Å². The summed E-state index contributed by atoms with van der Waals surface area (Å²) < 4.78 is 55.2. The molecular formula is C23H20F3IN2O5. The number of carbonyl (C=O) groups is 2. The Kier molecular flexibility index (Phi) is 9.73. The van der Waals surface area contributed by atoms with Gasteiger partial charge in [0.25, 0.3) is 5.91 Å². The van der Waals surface area contributed by atoms with Crippen LogP contribution in [0.5, 0.6) is 11.5 Å². The van der Waals surface area contributed by atoms with Crippen LogP contribution < -0.4 is 14.8 Å². The second kappa shape index (κ2) is 12.3. The zero-order valence-electron chi connectivity index (χ0n) is 18.2. The van der Waals surface area contributed by atoms with E-state index in [9.17, 15) is 28.0 Å². The molecule has 0 spiro atoms. The topological polar surface area (TPSA) is 97.7 Å². The Morgan fingerprint density at radius 3 is 2.50 bits per heavy atom. The van der Waals surface area contributed by atoms with Gasteiger partial charge in [-0.25, -0.2) is 4.79 Å². The summed E-state index contributed by atoms with van der Waals surface area (Å²) in [5.74, 6) is -0.861. The largest absolute Gasteiger partial charge is 0.490 e. The molecule has 2 aromatic carbocycles. The van der Waals surface area contributed by atoms with E-state index in [0.29, 0.717) is 14.9 Å². The molecule has 0 saturated heterocycles. The minimum Gasteiger partial charge on any atom is -0.490 e. The molecule has 1 N–H and O–H groups in total. The average Bonchev–Trinajstić information content (AvgIpc) is 2.77. The van der Waals surface area contributed by atoms with Gasteiger partial charge >= 0.3 is 12.1 Å². The molecule has 11 heteroatoms. The highest BCUT2D eigenvalue weighted by Gasteiger charge is 2.30. The van der Waals surface area contributed by atoms with Crippen LogP contribution in [0.15, 0.2) is 42.0 Å². The molecule has 1 amide bonds. The summed E-state index contributed by atoms with van der Waals surface area (Å²) in [6.45, 7) is 3.57. The van der Waals surface area contributed by atoms with E-state index in [1.54, 1.807) is 26.0 Å². The molecule has 180 valence electrons. The monoisotopic (exact) mass is 588 g/mol. The van der Waals surface area contributed by atoms with Crippen molar-refractivity contribution in [1.29, 1.82) is 5.26 Å². The average molecular weight is 588 g/mol. The molecule has 0 aliphatic carbocycles. The zero-order valence-corrected chi connectivity index (χ0v) is 20.3. The van der Waals surface area contributed by atoms with Crippen LogP contribution >= 0.6 is 22.6 Å². The Balaban J connectivity index is 2.30. The van der Waals surface area contributed by atoms with Gasteiger partial charge in [0.05, 0.1) is 22.3 Å². The molecule has 2 aromatic rings. The number of hydrogen-bond acceptors (Lipinski definition) is 6. The molecule has 0 aromatic heterocycles. The first-order valence-corrected chi connectivity index (χ1v) is 11.0. The molecule has 34 heavy (non-hydrogen) atoms. The first kappa shape index (κ1) is 27.0. The van der Waals surface area contributed by atoms with Gasteiger partial charge in [-0.1, -0.05) is 6.07 Å². The van der Waals surface area contributed by atoms with Crippen molar-refractivity contribution in [3.05, 3.63) is 56.7 Å². The third kappa shape index (κ3) is 7.65. The smallest absolute Gasteiger partial charge is 0.416 e. The summed E-state index contributed by atoms with van der Waals surface area (Å²) in [4.78, 5) is 24.1. The molecule has 0 saturated carbocycles. The molecule has 0 fully saturated rings. The maximum Gasteiger partial charge on any atom is 0.416 e. The minimum atomic E-state index is -4.57. The number of amides is 1. The SMILES string of the molecule is CCOC(=O)COc1c(I)cc(/C=C(/C#N)C(=O)Nc2cccc(C(F)(F)F)c2)cc1OCC. The summed E-state index contributed by atoms with van der Waals surface area (Å²) in [5, 5.41) is 11.7. The number of hydrogen-bond donors (Lipinski definition) is 1. The number of alkyl halides is 3. The van der Waals surface area contributed by atoms with E-state index < -0.39 is 23.6 Å². The normalized spacial score (nSPS) is 11.4. The van der Waals surface area contributed by atoms with Crippen molar-refractivity contribution in [2.24, 2.45) is 0 Å². The van der Waals surface area contributed by atoms with Crippen molar-refractivity contribution in [1.82, 2.24) is 0 Å². The predicted octanol–water partition coefficient (Wildman–Crippen LogP) is 5.20. The molecule has 0 aliphatic heterocycles. The van der Waals surface area contributed by atoms with Gasteiger partial charge in [0.15, 0.2) is 18.1 Å². The van der Waals surface area contributed by atoms with Crippen molar-refractivity contribution < 1.29 is 37.0 Å². The van der Waals surface area contributed by atoms with Crippen LogP contribution in [0.4, 0.5) is 18.9 Å². The molecular weight excluding hydrogens is 568 g/mol. The number of halogens is 4. The van der Waals surface area contributed by atoms with E-state index in [4.69, 9.17) is 14.2 Å². The number of nitrogens with one attached hydrogen (secondary N) is 1. The number of esters is 1. The maximum atomic E-state index is 12.9. The summed E-state index contributed by atoms with van der Waals surface area (Å²) >= 11 is 1.95. The molecule has 7 nitrogen and oxygen atoms in total. The number of ether oxygens (including phenoxy) is 3. The second-order valence-electron chi connectivity index (χ2n) is 6.56. The number of nitrogens with zero attached hydrogens (tertiary/aromatic N) is 1. The molecule has 0 atom stereocenters. The fourth-order valence-electron chi connectivity index (χ4n) is 2.69. The van der Waals surface area contributed by atoms with Crippen LogP contribution in [-0.4, -0.2) is 31.7 Å². The molecule has 2 rings (SSSR count). The van der Waals surface area contributed by atoms with Crippen LogP contribution in [0.2, 0.25) is 0 Å². The third-order valence-electron chi connectivity index (χ3n) is 4.10. The highest BCUT2D eigenvalue weighted by molar-refractivity contribution is 14.1. The second-order valence-corrected chi connectivity index (χ2v) is 7.72. The minimum absolute atomic E-state index is 0.103. The maximum absolute atomic E-state index is 12.9. The van der Waals surface area contributed by atoms with Gasteiger partial charge in [0.1, 0.15) is 11.6 Å². The van der Waals surface area contributed by atoms with Gasteiger partial charge in [-0.2, -0.15) is 18.4 Å². The lowest BCUT2D eigenvalue weighted by atomic mass is 10.1. The summed E-state index contributed by atoms with van der Waals surface area (Å²) in [5.41, 5.74) is -0.960. The van der Waals surface area contributed by atoms with Gasteiger partial charge in [-0.05, 0) is 78.4 Å². The molecule has 0 unspecified atom stereocenters. The van der Waals surface area contributed by atoms with E-state index in [0.717, 1.165) is 18.2 Å². The molecule has 0 bridgehead atoms. The first-order valence-electron chi connectivity index (χ1n) is 9.94. The van der Waals surface area contributed by atoms with E-state index in [-0.39, 0.29) is 36.8 Å². The van der Waals surface area contributed by atoms with Crippen LogP contribution in [0.1, 0.15) is 25.0 Å². The highest BCUT2D eigenvalue weighted by Crippen LogP contribution is 2.35. The summed E-state index contributed by atoms with van der Waals surface area (Å²) in [6.07, 6.45) is -3.30. The summed E-state index contributed by atoms with van der Waals surface area (Å²) in [7, 11) is 0. The lowest BCUT2D eigenvalue weighted by Crippen LogP contribution is -2.16. The van der Waals surface area contributed by atoms with Crippen LogP contribution in [0.25, 0.3) is 6.08 Å². The molecule has 0 heterocycles. The predicted molar refractivity (Wildman–Crippen MR) is 126 cm³/mol. The Bertz CT molecular complexity index is 1130. The van der Waals surface area contributed by atoms with Crippen molar-refractivity contribution in [3.63, 3.8) is 0 Å². The fraction of sp³-hybridized carbons (Fsp3) is 0.261. The zero-order chi connectivity index (χ0) is 25.3. The molecule has 0 aliphatic rings. The quantitative estimate of drug-likeness (QED) is 0.187. The van der Waals surface area contributed by atoms with Crippen molar-refractivity contribution in [3.8, 4) is 17.6 Å². The van der Waals surface area contributed by atoms with E-state index in [2.05, 4.69) is 5.32 Å². The highest BCUT2D eigenvalue weighted by atomic mass is 127. The Morgan fingerprint density at radius 2 is 1.88 bits per heavy atom. The number of rotatable bonds is 9. The standard InChI is InChI=1S/C23H20F3IN2O5/c1-3-32-19-10-14(9-18(27)21(19)34-13-20(30)33-4-2)8-15(12-28)22(31)29-17-7-5-6-16(11-17)23(24,25)26/h5-11H,3-4,13H2,1-2H3,(H,29,31)/b15-8-. The van der Waals surface area contributed by atoms with Gasteiger partial charge < -0.3 is 19.5 Å². The number of carbonyl (C=O) groups excluding carboxylic acids is 2. The lowest BCUT2D eigenvalue weighted by Gasteiger charge is -2.14. The fourth-order valence-corrected chi connectivity index (χ4v) is 3.48. The lowest BCUT2D eigenvalue weighted by molar-refractivity contribution is -0.145. The summed E-state index contributed by atoms with van der Waals surface area (Å²) in [6, 6.07) is 8.95.